The van der Waals surface area contributed by atoms with E-state index < -0.39 is 17.6 Å². The number of hydrogen-bond donors (Lipinski definition) is 2. The van der Waals surface area contributed by atoms with Crippen molar-refractivity contribution >= 4 is 27.5 Å². The maximum Gasteiger partial charge on any atom is 0.415 e. The van der Waals surface area contributed by atoms with Crippen molar-refractivity contribution < 1.29 is 18.0 Å². The Morgan fingerprint density at radius 2 is 2.05 bits per heavy atom. The SMILES string of the molecule is CC(N)(C(=O)Nc1cc(Br)ccc1C#N)C(F)(F)F. The van der Waals surface area contributed by atoms with Crippen molar-refractivity contribution in [2.75, 3.05) is 5.32 Å². The summed E-state index contributed by atoms with van der Waals surface area (Å²) in [5.74, 6) is -1.44. The first-order valence-corrected chi connectivity index (χ1v) is 5.75. The lowest BCUT2D eigenvalue weighted by Crippen LogP contribution is -2.59. The van der Waals surface area contributed by atoms with Crippen LogP contribution in [-0.4, -0.2) is 17.6 Å². The lowest BCUT2D eigenvalue weighted by molar-refractivity contribution is -0.184. The van der Waals surface area contributed by atoms with Gasteiger partial charge in [-0.3, -0.25) is 4.79 Å². The highest BCUT2D eigenvalue weighted by molar-refractivity contribution is 9.10. The third-order valence-corrected chi connectivity index (χ3v) is 2.90. The number of carbonyl (C=O) groups excluding carboxylic acids is 1. The number of hydrogen-bond acceptors (Lipinski definition) is 3. The first-order valence-electron chi connectivity index (χ1n) is 4.96. The third kappa shape index (κ3) is 3.24. The Bertz CT molecular complexity index is 549. The van der Waals surface area contributed by atoms with Gasteiger partial charge in [0.2, 0.25) is 0 Å². The Morgan fingerprint density at radius 1 is 1.47 bits per heavy atom. The second kappa shape index (κ2) is 5.19. The molecule has 1 rings (SSSR count). The Kier molecular flexibility index (Phi) is 4.22. The summed E-state index contributed by atoms with van der Waals surface area (Å²) in [6.07, 6.45) is -4.89. The van der Waals surface area contributed by atoms with Crippen molar-refractivity contribution in [3.63, 3.8) is 0 Å². The molecule has 0 bridgehead atoms. The Labute approximate surface area is 115 Å². The molecular weight excluding hydrogens is 327 g/mol. The van der Waals surface area contributed by atoms with Crippen LogP contribution < -0.4 is 11.1 Å². The molecule has 0 aromatic heterocycles. The molecule has 19 heavy (non-hydrogen) atoms. The van der Waals surface area contributed by atoms with Crippen molar-refractivity contribution in [1.29, 1.82) is 5.26 Å². The summed E-state index contributed by atoms with van der Waals surface area (Å²) >= 11 is 3.09. The van der Waals surface area contributed by atoms with Gasteiger partial charge in [-0.1, -0.05) is 15.9 Å². The Balaban J connectivity index is 3.08. The second-order valence-electron chi connectivity index (χ2n) is 3.96. The number of nitriles is 1. The zero-order valence-corrected chi connectivity index (χ0v) is 11.3. The Morgan fingerprint density at radius 3 is 2.53 bits per heavy atom. The molecule has 0 saturated heterocycles. The van der Waals surface area contributed by atoms with Crippen molar-refractivity contribution in [2.24, 2.45) is 5.73 Å². The second-order valence-corrected chi connectivity index (χ2v) is 4.87. The van der Waals surface area contributed by atoms with Gasteiger partial charge in [0.25, 0.3) is 5.91 Å². The van der Waals surface area contributed by atoms with E-state index in [4.69, 9.17) is 11.0 Å². The van der Waals surface area contributed by atoms with Gasteiger partial charge >= 0.3 is 6.18 Å². The van der Waals surface area contributed by atoms with E-state index in [1.54, 1.807) is 6.07 Å². The number of rotatable bonds is 2. The molecule has 0 radical (unpaired) electrons. The summed E-state index contributed by atoms with van der Waals surface area (Å²) in [5.41, 5.74) is 1.94. The van der Waals surface area contributed by atoms with Gasteiger partial charge < -0.3 is 11.1 Å². The minimum atomic E-state index is -4.89. The van der Waals surface area contributed by atoms with Gasteiger partial charge in [0, 0.05) is 4.47 Å². The molecule has 1 atom stereocenters. The van der Waals surface area contributed by atoms with Crippen LogP contribution in [0.2, 0.25) is 0 Å². The fourth-order valence-corrected chi connectivity index (χ4v) is 1.46. The van der Waals surface area contributed by atoms with Crippen LogP contribution in [0.15, 0.2) is 22.7 Å². The number of amides is 1. The van der Waals surface area contributed by atoms with Crippen LogP contribution in [0, 0.1) is 11.3 Å². The fraction of sp³-hybridized carbons (Fsp3) is 0.273. The van der Waals surface area contributed by atoms with Crippen LogP contribution in [0.3, 0.4) is 0 Å². The first kappa shape index (κ1) is 15.5. The number of benzene rings is 1. The lowest BCUT2D eigenvalue weighted by Gasteiger charge is -2.26. The van der Waals surface area contributed by atoms with Crippen molar-refractivity contribution in [1.82, 2.24) is 0 Å². The minimum Gasteiger partial charge on any atom is -0.323 e. The fourth-order valence-electron chi connectivity index (χ4n) is 1.10. The normalized spacial score (nSPS) is 14.4. The largest absolute Gasteiger partial charge is 0.415 e. The van der Waals surface area contributed by atoms with E-state index in [0.717, 1.165) is 0 Å². The number of anilines is 1. The summed E-state index contributed by atoms with van der Waals surface area (Å²) in [4.78, 5) is 11.6. The molecule has 0 fully saturated rings. The molecule has 8 heteroatoms. The molecule has 4 nitrogen and oxygen atoms in total. The molecule has 1 unspecified atom stereocenters. The number of nitrogens with zero attached hydrogens (tertiary/aromatic N) is 1. The monoisotopic (exact) mass is 335 g/mol. The highest BCUT2D eigenvalue weighted by atomic mass is 79.9. The van der Waals surface area contributed by atoms with E-state index >= 15 is 0 Å². The van der Waals surface area contributed by atoms with Crippen molar-refractivity contribution in [2.45, 2.75) is 18.6 Å². The average molecular weight is 336 g/mol. The summed E-state index contributed by atoms with van der Waals surface area (Å²) in [6, 6.07) is 5.97. The van der Waals surface area contributed by atoms with Crippen molar-refractivity contribution in [3.05, 3.63) is 28.2 Å². The van der Waals surface area contributed by atoms with Crippen LogP contribution in [0.5, 0.6) is 0 Å². The zero-order chi connectivity index (χ0) is 14.8. The average Bonchev–Trinajstić information content (AvgIpc) is 2.27. The van der Waals surface area contributed by atoms with Crippen LogP contribution in [-0.2, 0) is 4.79 Å². The van der Waals surface area contributed by atoms with Crippen LogP contribution in [0.1, 0.15) is 12.5 Å². The molecule has 0 saturated carbocycles. The highest BCUT2D eigenvalue weighted by Crippen LogP contribution is 2.30. The number of nitrogens with two attached hydrogens (primary N) is 1. The minimum absolute atomic E-state index is 0.0366. The van der Waals surface area contributed by atoms with E-state index in [2.05, 4.69) is 15.9 Å². The lowest BCUT2D eigenvalue weighted by atomic mass is 10.0. The molecular formula is C11H9BrF3N3O. The molecule has 102 valence electrons. The summed E-state index contributed by atoms with van der Waals surface area (Å²) in [6.45, 7) is 0.562. The number of nitrogens with one attached hydrogen (secondary N) is 1. The molecule has 1 aromatic rings. The molecule has 0 aliphatic heterocycles. The number of halogens is 4. The third-order valence-electron chi connectivity index (χ3n) is 2.41. The van der Waals surface area contributed by atoms with Gasteiger partial charge in [-0.2, -0.15) is 18.4 Å². The van der Waals surface area contributed by atoms with Gasteiger partial charge in [0.05, 0.1) is 11.3 Å². The first-order chi connectivity index (χ1) is 8.59. The maximum atomic E-state index is 12.6. The predicted molar refractivity (Wildman–Crippen MR) is 66.1 cm³/mol. The summed E-state index contributed by atoms with van der Waals surface area (Å²) in [7, 11) is 0. The number of alkyl halides is 3. The molecule has 1 amide bonds. The quantitative estimate of drug-likeness (QED) is 0.871. The van der Waals surface area contributed by atoms with E-state index in [-0.39, 0.29) is 11.3 Å². The highest BCUT2D eigenvalue weighted by Gasteiger charge is 2.54. The predicted octanol–water partition coefficient (Wildman–Crippen LogP) is 2.54. The Hall–Kier alpha value is -1.59. The molecule has 1 aromatic carbocycles. The van der Waals surface area contributed by atoms with Crippen LogP contribution in [0.4, 0.5) is 18.9 Å². The van der Waals surface area contributed by atoms with Crippen LogP contribution in [0.25, 0.3) is 0 Å². The topological polar surface area (TPSA) is 78.9 Å². The van der Waals surface area contributed by atoms with E-state index in [1.807, 2.05) is 5.32 Å². The number of carbonyl (C=O) groups is 1. The molecule has 0 spiro atoms. The molecule has 0 aliphatic rings. The molecule has 0 heterocycles. The van der Waals surface area contributed by atoms with Crippen LogP contribution >= 0.6 is 15.9 Å². The summed E-state index contributed by atoms with van der Waals surface area (Å²) in [5, 5.41) is 10.8. The maximum absolute atomic E-state index is 12.6. The smallest absolute Gasteiger partial charge is 0.323 e. The van der Waals surface area contributed by atoms with Gasteiger partial charge in [-0.05, 0) is 25.1 Å². The van der Waals surface area contributed by atoms with Gasteiger partial charge in [-0.25, -0.2) is 0 Å². The summed E-state index contributed by atoms with van der Waals surface area (Å²) < 4.78 is 38.3. The van der Waals surface area contributed by atoms with E-state index in [1.165, 1.54) is 18.2 Å². The molecule has 3 N–H and O–H groups in total. The van der Waals surface area contributed by atoms with Gasteiger partial charge in [-0.15, -0.1) is 0 Å². The molecule has 0 aliphatic carbocycles. The van der Waals surface area contributed by atoms with Gasteiger partial charge in [0.15, 0.2) is 5.54 Å². The van der Waals surface area contributed by atoms with E-state index in [0.29, 0.717) is 11.4 Å². The van der Waals surface area contributed by atoms with Crippen molar-refractivity contribution in [3.8, 4) is 6.07 Å². The van der Waals surface area contributed by atoms with Gasteiger partial charge in [0.1, 0.15) is 6.07 Å². The standard InChI is InChI=1S/C11H9BrF3N3O/c1-10(17,11(13,14)15)9(19)18-8-4-7(12)3-2-6(8)5-16/h2-4H,17H2,1H3,(H,18,19). The van der Waals surface area contributed by atoms with E-state index in [9.17, 15) is 18.0 Å². The zero-order valence-electron chi connectivity index (χ0n) is 9.68.